The Morgan fingerprint density at radius 3 is 2.65 bits per heavy atom. The average molecular weight is 322 g/mol. The van der Waals surface area contributed by atoms with Gasteiger partial charge in [0.15, 0.2) is 0 Å². The molecule has 1 amide bonds. The van der Waals surface area contributed by atoms with Gasteiger partial charge in [-0.3, -0.25) is 10.3 Å². The lowest BCUT2D eigenvalue weighted by molar-refractivity contribution is 0.0634. The first kappa shape index (κ1) is 17.5. The van der Waals surface area contributed by atoms with Crippen LogP contribution in [0.3, 0.4) is 0 Å². The van der Waals surface area contributed by atoms with Crippen molar-refractivity contribution in [3.63, 3.8) is 0 Å². The van der Waals surface area contributed by atoms with Crippen LogP contribution in [0.5, 0.6) is 5.75 Å². The van der Waals surface area contributed by atoms with Crippen LogP contribution in [-0.2, 0) is 9.47 Å². The van der Waals surface area contributed by atoms with Crippen LogP contribution in [0.2, 0.25) is 0 Å². The molecule has 0 spiro atoms. The maximum atomic E-state index is 12.0. The molecule has 1 heterocycles. The van der Waals surface area contributed by atoms with Crippen molar-refractivity contribution in [1.29, 1.82) is 0 Å². The van der Waals surface area contributed by atoms with Gasteiger partial charge in [0.2, 0.25) is 0 Å². The number of aromatic nitrogens is 1. The molecule has 0 bridgehead atoms. The number of anilines is 1. The van der Waals surface area contributed by atoms with Crippen LogP contribution in [0.1, 0.15) is 52.2 Å². The zero-order valence-corrected chi connectivity index (χ0v) is 14.5. The first-order chi connectivity index (χ1) is 10.8. The molecule has 0 radical (unpaired) electrons. The largest absolute Gasteiger partial charge is 0.491 e. The molecule has 2 rings (SSSR count). The van der Waals surface area contributed by atoms with Gasteiger partial charge in [0.25, 0.3) is 0 Å². The fourth-order valence-corrected chi connectivity index (χ4v) is 2.11. The van der Waals surface area contributed by atoms with E-state index in [9.17, 15) is 4.79 Å². The van der Waals surface area contributed by atoms with Crippen LogP contribution < -0.4 is 10.1 Å². The quantitative estimate of drug-likeness (QED) is 0.859. The van der Waals surface area contributed by atoms with Crippen LogP contribution in [-0.4, -0.2) is 30.4 Å². The Morgan fingerprint density at radius 2 is 2.09 bits per heavy atom. The average Bonchev–Trinajstić information content (AvgIpc) is 3.26. The molecular formula is C17H26N2O4. The van der Waals surface area contributed by atoms with Gasteiger partial charge in [0.1, 0.15) is 11.4 Å². The Labute approximate surface area is 137 Å². The predicted octanol–water partition coefficient (Wildman–Crippen LogP) is 3.92. The van der Waals surface area contributed by atoms with Gasteiger partial charge in [-0.15, -0.1) is 0 Å². The smallest absolute Gasteiger partial charge is 0.412 e. The minimum atomic E-state index is -0.565. The molecule has 1 unspecified atom stereocenters. The number of nitrogens with zero attached hydrogens (tertiary/aromatic N) is 1. The Bertz CT molecular complexity index is 550. The molecule has 0 aromatic carbocycles. The Balaban J connectivity index is 2.18. The van der Waals surface area contributed by atoms with Crippen molar-refractivity contribution in [2.75, 3.05) is 19.0 Å². The fourth-order valence-electron chi connectivity index (χ4n) is 2.11. The van der Waals surface area contributed by atoms with Crippen molar-refractivity contribution in [3.05, 3.63) is 18.0 Å². The summed E-state index contributed by atoms with van der Waals surface area (Å²) in [6.45, 7) is 8.02. The standard InChI is InChI=1S/C17H26N2O4/c1-11(21-5)15-13(19-16(20)23-17(2,3)4)8-18-9-14(15)22-10-12-6-7-12/h8-9,11-12H,6-7,10H2,1-5H3,(H,19,20). The minimum Gasteiger partial charge on any atom is -0.491 e. The zero-order chi connectivity index (χ0) is 17.0. The molecule has 1 N–H and O–H groups in total. The number of ether oxygens (including phenoxy) is 3. The third-order valence-corrected chi connectivity index (χ3v) is 3.52. The van der Waals surface area contributed by atoms with E-state index in [4.69, 9.17) is 14.2 Å². The first-order valence-electron chi connectivity index (χ1n) is 7.93. The van der Waals surface area contributed by atoms with E-state index in [1.54, 1.807) is 19.5 Å². The van der Waals surface area contributed by atoms with Crippen molar-refractivity contribution in [2.24, 2.45) is 5.92 Å². The predicted molar refractivity (Wildman–Crippen MR) is 87.7 cm³/mol. The second kappa shape index (κ2) is 7.17. The third kappa shape index (κ3) is 5.39. The van der Waals surface area contributed by atoms with Crippen molar-refractivity contribution in [2.45, 2.75) is 52.2 Å². The molecule has 128 valence electrons. The molecule has 1 fully saturated rings. The zero-order valence-electron chi connectivity index (χ0n) is 14.5. The molecule has 6 nitrogen and oxygen atoms in total. The van der Waals surface area contributed by atoms with E-state index in [1.165, 1.54) is 12.8 Å². The highest BCUT2D eigenvalue weighted by Gasteiger charge is 2.25. The number of pyridine rings is 1. The summed E-state index contributed by atoms with van der Waals surface area (Å²) in [6.07, 6.45) is 4.89. The van der Waals surface area contributed by atoms with E-state index < -0.39 is 11.7 Å². The van der Waals surface area contributed by atoms with Crippen molar-refractivity contribution in [1.82, 2.24) is 4.98 Å². The van der Waals surface area contributed by atoms with Gasteiger partial charge in [-0.25, -0.2) is 4.79 Å². The van der Waals surface area contributed by atoms with Gasteiger partial charge in [0.05, 0.1) is 30.8 Å². The summed E-state index contributed by atoms with van der Waals surface area (Å²) in [5.41, 5.74) is 0.751. The Hall–Kier alpha value is -1.82. The highest BCUT2D eigenvalue weighted by Crippen LogP contribution is 2.35. The van der Waals surface area contributed by atoms with Gasteiger partial charge in [-0.05, 0) is 46.5 Å². The SMILES string of the molecule is COC(C)c1c(NC(=O)OC(C)(C)C)cncc1OCC1CC1. The van der Waals surface area contributed by atoms with E-state index in [0.29, 0.717) is 24.0 Å². The second-order valence-corrected chi connectivity index (χ2v) is 6.86. The first-order valence-corrected chi connectivity index (χ1v) is 7.93. The number of nitrogens with one attached hydrogen (secondary N) is 1. The van der Waals surface area contributed by atoms with Crippen LogP contribution >= 0.6 is 0 Å². The van der Waals surface area contributed by atoms with E-state index in [2.05, 4.69) is 10.3 Å². The highest BCUT2D eigenvalue weighted by atomic mass is 16.6. The molecule has 1 saturated carbocycles. The van der Waals surface area contributed by atoms with Crippen LogP contribution in [0.25, 0.3) is 0 Å². The van der Waals surface area contributed by atoms with E-state index in [0.717, 1.165) is 5.56 Å². The molecule has 1 aromatic rings. The lowest BCUT2D eigenvalue weighted by Crippen LogP contribution is -2.27. The molecule has 1 aliphatic rings. The van der Waals surface area contributed by atoms with Crippen molar-refractivity contribution >= 4 is 11.8 Å². The molecule has 6 heteroatoms. The highest BCUT2D eigenvalue weighted by molar-refractivity contribution is 5.86. The molecule has 0 aliphatic heterocycles. The number of rotatable bonds is 6. The lowest BCUT2D eigenvalue weighted by Gasteiger charge is -2.22. The molecular weight excluding hydrogens is 296 g/mol. The van der Waals surface area contributed by atoms with E-state index in [1.807, 2.05) is 27.7 Å². The van der Waals surface area contributed by atoms with E-state index in [-0.39, 0.29) is 6.10 Å². The summed E-state index contributed by atoms with van der Waals surface area (Å²) in [4.78, 5) is 16.2. The summed E-state index contributed by atoms with van der Waals surface area (Å²) < 4.78 is 16.6. The normalized spacial score (nSPS) is 15.9. The molecule has 23 heavy (non-hydrogen) atoms. The Kier molecular flexibility index (Phi) is 5.46. The van der Waals surface area contributed by atoms with Crippen LogP contribution in [0.4, 0.5) is 10.5 Å². The maximum Gasteiger partial charge on any atom is 0.412 e. The van der Waals surface area contributed by atoms with Crippen LogP contribution in [0.15, 0.2) is 12.4 Å². The number of methoxy groups -OCH3 is 1. The number of hydrogen-bond acceptors (Lipinski definition) is 5. The van der Waals surface area contributed by atoms with Crippen molar-refractivity contribution in [3.8, 4) is 5.75 Å². The molecule has 1 atom stereocenters. The van der Waals surface area contributed by atoms with E-state index >= 15 is 0 Å². The molecule has 1 aromatic heterocycles. The Morgan fingerprint density at radius 1 is 1.39 bits per heavy atom. The van der Waals surface area contributed by atoms with Gasteiger partial charge < -0.3 is 14.2 Å². The maximum absolute atomic E-state index is 12.0. The summed E-state index contributed by atoms with van der Waals surface area (Å²) >= 11 is 0. The monoisotopic (exact) mass is 322 g/mol. The third-order valence-electron chi connectivity index (χ3n) is 3.52. The topological polar surface area (TPSA) is 69.7 Å². The molecule has 1 aliphatic carbocycles. The molecule has 0 saturated heterocycles. The number of hydrogen-bond donors (Lipinski definition) is 1. The summed E-state index contributed by atoms with van der Waals surface area (Å²) in [5, 5.41) is 2.74. The summed E-state index contributed by atoms with van der Waals surface area (Å²) in [5.74, 6) is 1.27. The van der Waals surface area contributed by atoms with Gasteiger partial charge in [-0.1, -0.05) is 0 Å². The fraction of sp³-hybridized carbons (Fsp3) is 0.647. The second-order valence-electron chi connectivity index (χ2n) is 6.86. The van der Waals surface area contributed by atoms with Crippen LogP contribution in [0, 0.1) is 5.92 Å². The summed E-state index contributed by atoms with van der Waals surface area (Å²) in [7, 11) is 1.62. The number of carbonyl (C=O) groups excluding carboxylic acids is 1. The summed E-state index contributed by atoms with van der Waals surface area (Å²) in [6, 6.07) is 0. The number of carbonyl (C=O) groups is 1. The van der Waals surface area contributed by atoms with Gasteiger partial charge >= 0.3 is 6.09 Å². The minimum absolute atomic E-state index is 0.239. The number of amides is 1. The van der Waals surface area contributed by atoms with Gasteiger partial charge in [-0.2, -0.15) is 0 Å². The van der Waals surface area contributed by atoms with Crippen molar-refractivity contribution < 1.29 is 19.0 Å². The van der Waals surface area contributed by atoms with Gasteiger partial charge in [0, 0.05) is 12.7 Å². The lowest BCUT2D eigenvalue weighted by atomic mass is 10.1.